The molecule has 0 aliphatic carbocycles. The summed E-state index contributed by atoms with van der Waals surface area (Å²) in [6, 6.07) is 11.7. The van der Waals surface area contributed by atoms with Gasteiger partial charge in [-0.05, 0) is 45.8 Å². The predicted molar refractivity (Wildman–Crippen MR) is 81.3 cm³/mol. The summed E-state index contributed by atoms with van der Waals surface area (Å²) in [7, 11) is 1.63. The molecule has 5 heteroatoms. The quantitative estimate of drug-likeness (QED) is 0.792. The van der Waals surface area contributed by atoms with Crippen molar-refractivity contribution in [1.29, 1.82) is 0 Å². The van der Waals surface area contributed by atoms with Crippen LogP contribution < -0.4 is 0 Å². The van der Waals surface area contributed by atoms with Crippen LogP contribution in [0.3, 0.4) is 0 Å². The van der Waals surface area contributed by atoms with E-state index in [9.17, 15) is 9.18 Å². The topological polar surface area (TPSA) is 20.3 Å². The van der Waals surface area contributed by atoms with Crippen molar-refractivity contribution < 1.29 is 9.18 Å². The Morgan fingerprint density at radius 2 is 1.90 bits per heavy atom. The Morgan fingerprint density at radius 1 is 1.25 bits per heavy atom. The first-order valence-corrected chi connectivity index (χ1v) is 7.10. The number of hydrogen-bond acceptors (Lipinski definition) is 1. The van der Waals surface area contributed by atoms with E-state index in [1.807, 2.05) is 12.1 Å². The van der Waals surface area contributed by atoms with Gasteiger partial charge in [0.05, 0.1) is 5.56 Å². The van der Waals surface area contributed by atoms with Crippen LogP contribution in [0.5, 0.6) is 0 Å². The first-order chi connectivity index (χ1) is 9.49. The molecule has 0 bridgehead atoms. The molecule has 0 aromatic heterocycles. The predicted octanol–water partition coefficient (Wildman–Crippen LogP) is 4.51. The van der Waals surface area contributed by atoms with Crippen molar-refractivity contribution in [3.8, 4) is 0 Å². The van der Waals surface area contributed by atoms with Crippen LogP contribution in [0.15, 0.2) is 46.9 Å². The van der Waals surface area contributed by atoms with E-state index in [0.717, 1.165) is 5.56 Å². The average Bonchev–Trinajstić information content (AvgIpc) is 2.41. The molecule has 2 aromatic rings. The molecule has 0 atom stereocenters. The minimum atomic E-state index is -0.535. The summed E-state index contributed by atoms with van der Waals surface area (Å²) < 4.78 is 14.2. The largest absolute Gasteiger partial charge is 0.337 e. The number of amides is 1. The fraction of sp³-hybridized carbons (Fsp3) is 0.133. The zero-order valence-corrected chi connectivity index (χ0v) is 13.1. The van der Waals surface area contributed by atoms with Crippen LogP contribution in [0.1, 0.15) is 15.9 Å². The van der Waals surface area contributed by atoms with Gasteiger partial charge in [-0.15, -0.1) is 0 Å². The maximum atomic E-state index is 13.8. The molecule has 2 aromatic carbocycles. The fourth-order valence-corrected chi connectivity index (χ4v) is 2.47. The number of carbonyl (C=O) groups excluding carboxylic acids is 1. The summed E-state index contributed by atoms with van der Waals surface area (Å²) in [5, 5.41) is 0.638. The number of rotatable bonds is 3. The van der Waals surface area contributed by atoms with Crippen molar-refractivity contribution in [3.63, 3.8) is 0 Å². The molecule has 0 heterocycles. The van der Waals surface area contributed by atoms with Crippen LogP contribution in [0.25, 0.3) is 0 Å². The van der Waals surface area contributed by atoms with Gasteiger partial charge < -0.3 is 4.90 Å². The van der Waals surface area contributed by atoms with E-state index in [0.29, 0.717) is 16.0 Å². The maximum Gasteiger partial charge on any atom is 0.258 e. The summed E-state index contributed by atoms with van der Waals surface area (Å²) in [6.45, 7) is 0.386. The molecular weight excluding hydrogens is 345 g/mol. The normalized spacial score (nSPS) is 10.4. The Kier molecular flexibility index (Phi) is 4.78. The zero-order chi connectivity index (χ0) is 14.7. The summed E-state index contributed by atoms with van der Waals surface area (Å²) in [5.74, 6) is -0.905. The highest BCUT2D eigenvalue weighted by Gasteiger charge is 2.19. The highest BCUT2D eigenvalue weighted by molar-refractivity contribution is 9.10. The summed E-state index contributed by atoms with van der Waals surface area (Å²) >= 11 is 9.02. The molecule has 20 heavy (non-hydrogen) atoms. The first kappa shape index (κ1) is 15.0. The van der Waals surface area contributed by atoms with Gasteiger partial charge >= 0.3 is 0 Å². The number of hydrogen-bond donors (Lipinski definition) is 0. The van der Waals surface area contributed by atoms with Gasteiger partial charge in [-0.2, -0.15) is 0 Å². The van der Waals surface area contributed by atoms with Gasteiger partial charge in [-0.25, -0.2) is 4.39 Å². The van der Waals surface area contributed by atoms with E-state index in [2.05, 4.69) is 15.9 Å². The lowest BCUT2D eigenvalue weighted by Crippen LogP contribution is -2.27. The lowest BCUT2D eigenvalue weighted by molar-refractivity contribution is 0.0779. The molecule has 2 nitrogen and oxygen atoms in total. The molecule has 0 unspecified atom stereocenters. The third kappa shape index (κ3) is 3.38. The van der Waals surface area contributed by atoms with Crippen LogP contribution >= 0.6 is 27.5 Å². The van der Waals surface area contributed by atoms with E-state index in [4.69, 9.17) is 11.6 Å². The Morgan fingerprint density at radius 3 is 2.50 bits per heavy atom. The molecule has 0 radical (unpaired) electrons. The molecule has 0 aliphatic rings. The van der Waals surface area contributed by atoms with Crippen LogP contribution in [-0.2, 0) is 6.54 Å². The smallest absolute Gasteiger partial charge is 0.258 e. The second-order valence-electron chi connectivity index (χ2n) is 4.38. The molecule has 0 fully saturated rings. The fourth-order valence-electron chi connectivity index (χ4n) is 1.83. The van der Waals surface area contributed by atoms with Gasteiger partial charge in [0.25, 0.3) is 5.91 Å². The standard InChI is InChI=1S/C15H12BrClFNO/c1-19(9-10-5-7-11(17)8-6-10)15(20)14-12(16)3-2-4-13(14)18/h2-8H,9H2,1H3. The SMILES string of the molecule is CN(Cc1ccc(Cl)cc1)C(=O)c1c(F)cccc1Br. The number of carbonyl (C=O) groups is 1. The second kappa shape index (κ2) is 6.37. The Bertz CT molecular complexity index is 610. The lowest BCUT2D eigenvalue weighted by atomic mass is 10.1. The van der Waals surface area contributed by atoms with Crippen molar-refractivity contribution in [1.82, 2.24) is 4.90 Å². The third-order valence-electron chi connectivity index (χ3n) is 2.86. The third-order valence-corrected chi connectivity index (χ3v) is 3.77. The van der Waals surface area contributed by atoms with Gasteiger partial charge in [-0.1, -0.05) is 29.8 Å². The first-order valence-electron chi connectivity index (χ1n) is 5.93. The Hall–Kier alpha value is -1.39. The van der Waals surface area contributed by atoms with Gasteiger partial charge in [0.15, 0.2) is 0 Å². The highest BCUT2D eigenvalue weighted by Crippen LogP contribution is 2.22. The number of halogens is 3. The summed E-state index contributed by atoms with van der Waals surface area (Å²) in [5.41, 5.74) is 0.974. The molecular formula is C15H12BrClFNO. The molecule has 1 amide bonds. The molecule has 104 valence electrons. The molecule has 0 aliphatic heterocycles. The van der Waals surface area contributed by atoms with Gasteiger partial charge in [-0.3, -0.25) is 4.79 Å². The van der Waals surface area contributed by atoms with Crippen molar-refractivity contribution >= 4 is 33.4 Å². The maximum absolute atomic E-state index is 13.8. The molecule has 0 saturated carbocycles. The van der Waals surface area contributed by atoms with Crippen molar-refractivity contribution in [2.45, 2.75) is 6.54 Å². The minimum absolute atomic E-state index is 0.0453. The van der Waals surface area contributed by atoms with E-state index < -0.39 is 5.82 Å². The molecule has 0 N–H and O–H groups in total. The van der Waals surface area contributed by atoms with E-state index in [-0.39, 0.29) is 11.5 Å². The van der Waals surface area contributed by atoms with Crippen LogP contribution in [0, 0.1) is 5.82 Å². The lowest BCUT2D eigenvalue weighted by Gasteiger charge is -2.18. The van der Waals surface area contributed by atoms with Crippen LogP contribution in [0.4, 0.5) is 4.39 Å². The van der Waals surface area contributed by atoms with E-state index in [1.165, 1.54) is 11.0 Å². The average molecular weight is 357 g/mol. The zero-order valence-electron chi connectivity index (χ0n) is 10.7. The monoisotopic (exact) mass is 355 g/mol. The second-order valence-corrected chi connectivity index (χ2v) is 5.68. The van der Waals surface area contributed by atoms with Gasteiger partial charge in [0.1, 0.15) is 5.82 Å². The van der Waals surface area contributed by atoms with Crippen molar-refractivity contribution in [2.75, 3.05) is 7.05 Å². The van der Waals surface area contributed by atoms with Crippen molar-refractivity contribution in [3.05, 3.63) is 68.9 Å². The molecule has 0 spiro atoms. The van der Waals surface area contributed by atoms with E-state index in [1.54, 1.807) is 31.3 Å². The van der Waals surface area contributed by atoms with Crippen LogP contribution in [0.2, 0.25) is 5.02 Å². The highest BCUT2D eigenvalue weighted by atomic mass is 79.9. The Balaban J connectivity index is 2.18. The van der Waals surface area contributed by atoms with Crippen molar-refractivity contribution in [2.24, 2.45) is 0 Å². The summed E-state index contributed by atoms with van der Waals surface area (Å²) in [6.07, 6.45) is 0. The molecule has 0 saturated heterocycles. The van der Waals surface area contributed by atoms with Crippen LogP contribution in [-0.4, -0.2) is 17.9 Å². The molecule has 2 rings (SSSR count). The number of benzene rings is 2. The summed E-state index contributed by atoms with van der Waals surface area (Å²) in [4.78, 5) is 13.8. The van der Waals surface area contributed by atoms with Gasteiger partial charge in [0.2, 0.25) is 0 Å². The Labute approximate surface area is 130 Å². The number of nitrogens with zero attached hydrogens (tertiary/aromatic N) is 1. The van der Waals surface area contributed by atoms with Gasteiger partial charge in [0, 0.05) is 23.1 Å². The van der Waals surface area contributed by atoms with E-state index >= 15 is 0 Å². The minimum Gasteiger partial charge on any atom is -0.337 e.